The molecule has 6 nitrogen and oxygen atoms in total. The molecule has 0 aromatic carbocycles. The van der Waals surface area contributed by atoms with Crippen molar-refractivity contribution in [3.05, 3.63) is 27.4 Å². The number of aliphatic hydroxyl groups excluding tert-OH is 1. The zero-order chi connectivity index (χ0) is 12.4. The predicted octanol–water partition coefficient (Wildman–Crippen LogP) is 1.60. The normalized spacial score (nSPS) is 20.4. The summed E-state index contributed by atoms with van der Waals surface area (Å²) in [5, 5.41) is 20.7. The smallest absolute Gasteiger partial charge is 0.311 e. The molecular weight excluding hydrogens is 246 g/mol. The van der Waals surface area contributed by atoms with Gasteiger partial charge in [-0.15, -0.1) is 0 Å². The maximum Gasteiger partial charge on any atom is 0.311 e. The highest BCUT2D eigenvalue weighted by Crippen LogP contribution is 2.29. The number of anilines is 1. The van der Waals surface area contributed by atoms with Gasteiger partial charge in [0.1, 0.15) is 5.15 Å². The first kappa shape index (κ1) is 12.1. The lowest BCUT2D eigenvalue weighted by Gasteiger charge is -2.30. The standard InChI is InChI=1S/C10H12ClN3O3/c11-9-4-3-8(14(16)17)10(12-9)13-5-1-2-7(15)6-13/h3-4,7,15H,1-2,5-6H2. The Bertz CT molecular complexity index is 441. The first-order chi connectivity index (χ1) is 8.08. The first-order valence-electron chi connectivity index (χ1n) is 5.32. The van der Waals surface area contributed by atoms with Crippen molar-refractivity contribution in [3.63, 3.8) is 0 Å². The summed E-state index contributed by atoms with van der Waals surface area (Å²) in [5.41, 5.74) is -0.0801. The number of piperidine rings is 1. The summed E-state index contributed by atoms with van der Waals surface area (Å²) < 4.78 is 0. The molecule has 17 heavy (non-hydrogen) atoms. The molecule has 1 aliphatic rings. The Morgan fingerprint density at radius 3 is 3.00 bits per heavy atom. The van der Waals surface area contributed by atoms with Crippen molar-refractivity contribution in [2.45, 2.75) is 18.9 Å². The minimum atomic E-state index is -0.486. The average molecular weight is 258 g/mol. The molecule has 0 aliphatic carbocycles. The zero-order valence-electron chi connectivity index (χ0n) is 9.04. The van der Waals surface area contributed by atoms with Crippen molar-refractivity contribution in [1.29, 1.82) is 0 Å². The molecule has 0 radical (unpaired) electrons. The molecule has 1 saturated heterocycles. The summed E-state index contributed by atoms with van der Waals surface area (Å²) in [6.07, 6.45) is 1.03. The molecule has 1 aromatic rings. The van der Waals surface area contributed by atoms with E-state index in [0.717, 1.165) is 6.42 Å². The largest absolute Gasteiger partial charge is 0.391 e. The Hall–Kier alpha value is -1.40. The molecular formula is C10H12ClN3O3. The molecule has 2 heterocycles. The van der Waals surface area contributed by atoms with Crippen LogP contribution in [-0.4, -0.2) is 34.2 Å². The number of nitrogens with zero attached hydrogens (tertiary/aromatic N) is 3. The van der Waals surface area contributed by atoms with Crippen LogP contribution in [0.5, 0.6) is 0 Å². The average Bonchev–Trinajstić information content (AvgIpc) is 2.28. The van der Waals surface area contributed by atoms with Gasteiger partial charge < -0.3 is 10.0 Å². The van der Waals surface area contributed by atoms with Crippen LogP contribution in [0.15, 0.2) is 12.1 Å². The summed E-state index contributed by atoms with van der Waals surface area (Å²) in [5.74, 6) is 0.237. The van der Waals surface area contributed by atoms with Crippen molar-refractivity contribution < 1.29 is 10.0 Å². The predicted molar refractivity (Wildman–Crippen MR) is 63.4 cm³/mol. The Morgan fingerprint density at radius 1 is 1.59 bits per heavy atom. The topological polar surface area (TPSA) is 79.5 Å². The number of rotatable bonds is 2. The number of β-amino-alcohol motifs (C(OH)–C–C–N with tert-alkyl or cyclic N) is 1. The van der Waals surface area contributed by atoms with Crippen molar-refractivity contribution in [2.24, 2.45) is 0 Å². The third-order valence-electron chi connectivity index (χ3n) is 2.71. The third-order valence-corrected chi connectivity index (χ3v) is 2.92. The number of aromatic nitrogens is 1. The first-order valence-corrected chi connectivity index (χ1v) is 5.69. The summed E-state index contributed by atoms with van der Waals surface area (Å²) in [7, 11) is 0. The molecule has 0 amide bonds. The van der Waals surface area contributed by atoms with E-state index >= 15 is 0 Å². The van der Waals surface area contributed by atoms with E-state index in [9.17, 15) is 15.2 Å². The monoisotopic (exact) mass is 257 g/mol. The van der Waals surface area contributed by atoms with Crippen LogP contribution < -0.4 is 4.90 Å². The van der Waals surface area contributed by atoms with Gasteiger partial charge in [0, 0.05) is 19.2 Å². The minimum absolute atomic E-state index is 0.0801. The van der Waals surface area contributed by atoms with Gasteiger partial charge in [-0.1, -0.05) is 11.6 Å². The molecule has 1 atom stereocenters. The Balaban J connectivity index is 2.35. The van der Waals surface area contributed by atoms with Crippen LogP contribution in [-0.2, 0) is 0 Å². The Kier molecular flexibility index (Phi) is 3.44. The molecule has 0 saturated carbocycles. The molecule has 1 aliphatic heterocycles. The van der Waals surface area contributed by atoms with E-state index < -0.39 is 11.0 Å². The summed E-state index contributed by atoms with van der Waals surface area (Å²) in [4.78, 5) is 16.1. The van der Waals surface area contributed by atoms with E-state index in [1.54, 1.807) is 4.90 Å². The van der Waals surface area contributed by atoms with E-state index in [2.05, 4.69) is 4.98 Å². The molecule has 1 fully saturated rings. The zero-order valence-corrected chi connectivity index (χ0v) is 9.80. The van der Waals surface area contributed by atoms with Gasteiger partial charge in [0.15, 0.2) is 0 Å². The van der Waals surface area contributed by atoms with Gasteiger partial charge in [0.25, 0.3) is 0 Å². The van der Waals surface area contributed by atoms with Gasteiger partial charge in [-0.25, -0.2) is 4.98 Å². The molecule has 1 aromatic heterocycles. The van der Waals surface area contributed by atoms with E-state index in [1.807, 2.05) is 0 Å². The van der Waals surface area contributed by atoms with E-state index in [-0.39, 0.29) is 16.7 Å². The number of aliphatic hydroxyl groups is 1. The van der Waals surface area contributed by atoms with Crippen LogP contribution in [0.25, 0.3) is 0 Å². The SMILES string of the molecule is O=[N+]([O-])c1ccc(Cl)nc1N1CCCC(O)C1. The summed E-state index contributed by atoms with van der Waals surface area (Å²) in [6.45, 7) is 0.999. The lowest BCUT2D eigenvalue weighted by Crippen LogP contribution is -2.39. The van der Waals surface area contributed by atoms with Crippen LogP contribution >= 0.6 is 11.6 Å². The molecule has 92 valence electrons. The van der Waals surface area contributed by atoms with E-state index in [0.29, 0.717) is 19.5 Å². The van der Waals surface area contributed by atoms with Gasteiger partial charge in [0.05, 0.1) is 11.0 Å². The Morgan fingerprint density at radius 2 is 2.35 bits per heavy atom. The second kappa shape index (κ2) is 4.85. The number of hydrogen-bond donors (Lipinski definition) is 1. The van der Waals surface area contributed by atoms with Crippen molar-refractivity contribution >= 4 is 23.1 Å². The highest BCUT2D eigenvalue weighted by atomic mass is 35.5. The highest BCUT2D eigenvalue weighted by Gasteiger charge is 2.26. The van der Waals surface area contributed by atoms with Gasteiger partial charge in [0.2, 0.25) is 5.82 Å². The fraction of sp³-hybridized carbons (Fsp3) is 0.500. The number of nitro groups is 1. The number of pyridine rings is 1. The van der Waals surface area contributed by atoms with Crippen LogP contribution in [0, 0.1) is 10.1 Å². The molecule has 1 unspecified atom stereocenters. The van der Waals surface area contributed by atoms with Gasteiger partial charge in [-0.2, -0.15) is 0 Å². The molecule has 2 rings (SSSR count). The lowest BCUT2D eigenvalue weighted by atomic mass is 10.1. The van der Waals surface area contributed by atoms with Gasteiger partial charge in [-0.3, -0.25) is 10.1 Å². The molecule has 1 N–H and O–H groups in total. The lowest BCUT2D eigenvalue weighted by molar-refractivity contribution is -0.384. The van der Waals surface area contributed by atoms with Crippen molar-refractivity contribution in [3.8, 4) is 0 Å². The van der Waals surface area contributed by atoms with Crippen LogP contribution in [0.4, 0.5) is 11.5 Å². The third kappa shape index (κ3) is 2.65. The summed E-state index contributed by atoms with van der Waals surface area (Å²) >= 11 is 5.75. The fourth-order valence-electron chi connectivity index (χ4n) is 1.94. The summed E-state index contributed by atoms with van der Waals surface area (Å²) in [6, 6.07) is 2.73. The van der Waals surface area contributed by atoms with Gasteiger partial charge >= 0.3 is 5.69 Å². The molecule has 7 heteroatoms. The number of halogens is 1. The minimum Gasteiger partial charge on any atom is -0.391 e. The van der Waals surface area contributed by atoms with Crippen LogP contribution in [0.1, 0.15) is 12.8 Å². The molecule has 0 bridgehead atoms. The second-order valence-electron chi connectivity index (χ2n) is 3.98. The van der Waals surface area contributed by atoms with Crippen molar-refractivity contribution in [1.82, 2.24) is 4.98 Å². The van der Waals surface area contributed by atoms with Crippen LogP contribution in [0.2, 0.25) is 5.15 Å². The Labute approximate surface area is 103 Å². The quantitative estimate of drug-likeness (QED) is 0.495. The number of hydrogen-bond acceptors (Lipinski definition) is 5. The highest BCUT2D eigenvalue weighted by molar-refractivity contribution is 6.29. The van der Waals surface area contributed by atoms with E-state index in [1.165, 1.54) is 12.1 Å². The molecule has 0 spiro atoms. The van der Waals surface area contributed by atoms with Crippen molar-refractivity contribution in [2.75, 3.05) is 18.0 Å². The maximum absolute atomic E-state index is 10.9. The van der Waals surface area contributed by atoms with E-state index in [4.69, 9.17) is 11.6 Å². The maximum atomic E-state index is 10.9. The fourth-order valence-corrected chi connectivity index (χ4v) is 2.08. The second-order valence-corrected chi connectivity index (χ2v) is 4.36. The van der Waals surface area contributed by atoms with Gasteiger partial charge in [-0.05, 0) is 18.9 Å². The van der Waals surface area contributed by atoms with Crippen LogP contribution in [0.3, 0.4) is 0 Å².